The number of halogens is 1. The molecule has 0 amide bonds. The van der Waals surface area contributed by atoms with Crippen LogP contribution in [0.4, 0.5) is 0 Å². The number of hydrogen-bond acceptors (Lipinski definition) is 3. The van der Waals surface area contributed by atoms with Gasteiger partial charge in [0.05, 0.1) is 35.4 Å². The smallest absolute Gasteiger partial charge is 0.0747 e. The van der Waals surface area contributed by atoms with Crippen molar-refractivity contribution in [2.75, 3.05) is 0 Å². The summed E-state index contributed by atoms with van der Waals surface area (Å²) in [6.07, 6.45) is 1.85. The van der Waals surface area contributed by atoms with Crippen molar-refractivity contribution in [1.29, 1.82) is 0 Å². The van der Waals surface area contributed by atoms with Crippen LogP contribution in [0.3, 0.4) is 0 Å². The minimum atomic E-state index is -0.0351. The number of hydrogen-bond donors (Lipinski definition) is 1. The van der Waals surface area contributed by atoms with Crippen molar-refractivity contribution in [1.82, 2.24) is 14.8 Å². The Bertz CT molecular complexity index is 1160. The molecule has 0 fully saturated rings. The fourth-order valence-corrected chi connectivity index (χ4v) is 3.75. The van der Waals surface area contributed by atoms with Gasteiger partial charge in [0, 0.05) is 15.4 Å². The van der Waals surface area contributed by atoms with E-state index in [0.717, 1.165) is 43.6 Å². The topological polar surface area (TPSA) is 50.9 Å². The monoisotopic (exact) mass is 421 g/mol. The molecule has 0 atom stereocenters. The van der Waals surface area contributed by atoms with Gasteiger partial charge in [0.15, 0.2) is 0 Å². The minimum absolute atomic E-state index is 0.0351. The van der Waals surface area contributed by atoms with Crippen LogP contribution in [0.15, 0.2) is 53.1 Å². The molecule has 0 aliphatic rings. The molecule has 0 saturated carbocycles. The first-order valence-electron chi connectivity index (χ1n) is 8.80. The third kappa shape index (κ3) is 3.17. The molecule has 136 valence electrons. The number of nitrogens with zero attached hydrogens (tertiary/aromatic N) is 3. The number of aliphatic hydroxyl groups excluding tert-OH is 1. The van der Waals surface area contributed by atoms with Gasteiger partial charge in [0.2, 0.25) is 0 Å². The molecule has 0 radical (unpaired) electrons. The fraction of sp³-hybridized carbons (Fsp3) is 0.182. The lowest BCUT2D eigenvalue weighted by molar-refractivity contribution is 0.283. The summed E-state index contributed by atoms with van der Waals surface area (Å²) in [6, 6.07) is 14.2. The Morgan fingerprint density at radius 1 is 1.04 bits per heavy atom. The van der Waals surface area contributed by atoms with Crippen molar-refractivity contribution in [3.8, 4) is 16.9 Å². The summed E-state index contributed by atoms with van der Waals surface area (Å²) < 4.78 is 2.93. The number of pyridine rings is 1. The summed E-state index contributed by atoms with van der Waals surface area (Å²) in [5, 5.41) is 15.4. The van der Waals surface area contributed by atoms with Gasteiger partial charge in [0.1, 0.15) is 0 Å². The Morgan fingerprint density at radius 2 is 1.85 bits per heavy atom. The van der Waals surface area contributed by atoms with Crippen LogP contribution in [-0.2, 0) is 6.61 Å². The predicted octanol–water partition coefficient (Wildman–Crippen LogP) is 5.27. The van der Waals surface area contributed by atoms with Gasteiger partial charge >= 0.3 is 0 Å². The quantitative estimate of drug-likeness (QED) is 0.490. The molecule has 5 heteroatoms. The molecule has 2 aromatic carbocycles. The number of benzene rings is 2. The lowest BCUT2D eigenvalue weighted by Crippen LogP contribution is -2.02. The molecule has 1 N–H and O–H groups in total. The van der Waals surface area contributed by atoms with Crippen molar-refractivity contribution in [3.63, 3.8) is 0 Å². The van der Waals surface area contributed by atoms with E-state index in [-0.39, 0.29) is 6.61 Å². The van der Waals surface area contributed by atoms with E-state index < -0.39 is 0 Å². The Hall–Kier alpha value is -2.50. The van der Waals surface area contributed by atoms with E-state index in [2.05, 4.69) is 60.0 Å². The van der Waals surface area contributed by atoms with Crippen LogP contribution in [0.25, 0.3) is 27.8 Å². The van der Waals surface area contributed by atoms with Gasteiger partial charge in [-0.15, -0.1) is 0 Å². The highest BCUT2D eigenvalue weighted by Crippen LogP contribution is 2.30. The van der Waals surface area contributed by atoms with Gasteiger partial charge in [-0.05, 0) is 67.8 Å². The van der Waals surface area contributed by atoms with Gasteiger partial charge in [0.25, 0.3) is 0 Å². The Morgan fingerprint density at radius 3 is 2.63 bits per heavy atom. The van der Waals surface area contributed by atoms with E-state index in [1.807, 2.05) is 35.1 Å². The maximum absolute atomic E-state index is 9.85. The molecule has 4 nitrogen and oxygen atoms in total. The van der Waals surface area contributed by atoms with Crippen molar-refractivity contribution in [3.05, 3.63) is 75.5 Å². The first kappa shape index (κ1) is 17.9. The maximum atomic E-state index is 9.85. The highest BCUT2D eigenvalue weighted by atomic mass is 79.9. The van der Waals surface area contributed by atoms with E-state index >= 15 is 0 Å². The third-order valence-electron chi connectivity index (χ3n) is 4.91. The fourth-order valence-electron chi connectivity index (χ4n) is 3.39. The van der Waals surface area contributed by atoms with Crippen molar-refractivity contribution >= 4 is 26.8 Å². The maximum Gasteiger partial charge on any atom is 0.0747 e. The van der Waals surface area contributed by atoms with Crippen molar-refractivity contribution in [2.45, 2.75) is 27.4 Å². The van der Waals surface area contributed by atoms with E-state index in [4.69, 9.17) is 4.98 Å². The summed E-state index contributed by atoms with van der Waals surface area (Å²) in [7, 11) is 0. The second-order valence-electron chi connectivity index (χ2n) is 6.83. The second-order valence-corrected chi connectivity index (χ2v) is 7.75. The first-order valence-corrected chi connectivity index (χ1v) is 9.60. The van der Waals surface area contributed by atoms with Gasteiger partial charge < -0.3 is 5.11 Å². The molecule has 0 saturated heterocycles. The normalized spacial score (nSPS) is 11.3. The molecule has 27 heavy (non-hydrogen) atoms. The second kappa shape index (κ2) is 6.91. The molecule has 4 aromatic rings. The molecule has 0 spiro atoms. The van der Waals surface area contributed by atoms with Crippen LogP contribution in [0.2, 0.25) is 0 Å². The van der Waals surface area contributed by atoms with Crippen LogP contribution in [0, 0.1) is 20.8 Å². The van der Waals surface area contributed by atoms with E-state index in [1.165, 1.54) is 11.1 Å². The number of aliphatic hydroxyl groups is 1. The summed E-state index contributed by atoms with van der Waals surface area (Å²) in [5.41, 5.74) is 7.98. The minimum Gasteiger partial charge on any atom is -0.392 e. The van der Waals surface area contributed by atoms with Crippen molar-refractivity contribution in [2.24, 2.45) is 0 Å². The predicted molar refractivity (Wildman–Crippen MR) is 112 cm³/mol. The van der Waals surface area contributed by atoms with Crippen LogP contribution in [-0.4, -0.2) is 19.9 Å². The number of aryl methyl sites for hydroxylation is 2. The summed E-state index contributed by atoms with van der Waals surface area (Å²) >= 11 is 3.49. The molecule has 2 aromatic heterocycles. The molecule has 0 aliphatic heterocycles. The van der Waals surface area contributed by atoms with Crippen LogP contribution in [0.1, 0.15) is 22.4 Å². The summed E-state index contributed by atoms with van der Waals surface area (Å²) in [4.78, 5) is 4.82. The van der Waals surface area contributed by atoms with E-state index in [1.54, 1.807) is 0 Å². The molecular formula is C22H20BrN3O. The zero-order valence-electron chi connectivity index (χ0n) is 15.5. The Labute approximate surface area is 166 Å². The Balaban J connectivity index is 1.89. The van der Waals surface area contributed by atoms with E-state index in [9.17, 15) is 5.11 Å². The molecule has 4 rings (SSSR count). The Kier molecular flexibility index (Phi) is 4.58. The zero-order chi connectivity index (χ0) is 19.1. The van der Waals surface area contributed by atoms with Crippen LogP contribution >= 0.6 is 15.9 Å². The lowest BCUT2D eigenvalue weighted by Gasteiger charge is -2.11. The molecule has 2 heterocycles. The summed E-state index contributed by atoms with van der Waals surface area (Å²) in [6.45, 7) is 6.19. The lowest BCUT2D eigenvalue weighted by atomic mass is 10.0. The van der Waals surface area contributed by atoms with Gasteiger partial charge in [-0.3, -0.25) is 0 Å². The summed E-state index contributed by atoms with van der Waals surface area (Å²) in [5.74, 6) is 0. The number of aromatic nitrogens is 3. The SMILES string of the molecule is Cc1ccc(C)c(-n2ncc(-c3cc(CO)c4cc(Br)ccc4n3)c2C)c1. The average Bonchev–Trinajstić information content (AvgIpc) is 3.04. The number of rotatable bonds is 3. The highest BCUT2D eigenvalue weighted by molar-refractivity contribution is 9.10. The van der Waals surface area contributed by atoms with Crippen LogP contribution < -0.4 is 0 Å². The van der Waals surface area contributed by atoms with Crippen molar-refractivity contribution < 1.29 is 5.11 Å². The third-order valence-corrected chi connectivity index (χ3v) is 5.40. The highest BCUT2D eigenvalue weighted by Gasteiger charge is 2.15. The number of fused-ring (bicyclic) bond motifs is 1. The van der Waals surface area contributed by atoms with Gasteiger partial charge in [-0.2, -0.15) is 5.10 Å². The first-order chi connectivity index (χ1) is 13.0. The standard InChI is InChI=1S/C22H20BrN3O/c1-13-4-5-14(2)22(8-13)26-15(3)19(11-24-26)21-9-16(12-27)18-10-17(23)6-7-20(18)25-21/h4-11,27H,12H2,1-3H3. The van der Waals surface area contributed by atoms with Gasteiger partial charge in [-0.1, -0.05) is 28.1 Å². The van der Waals surface area contributed by atoms with Crippen LogP contribution in [0.5, 0.6) is 0 Å². The largest absolute Gasteiger partial charge is 0.392 e. The van der Waals surface area contributed by atoms with Gasteiger partial charge in [-0.25, -0.2) is 9.67 Å². The van der Waals surface area contributed by atoms with E-state index in [0.29, 0.717) is 0 Å². The average molecular weight is 422 g/mol. The molecular weight excluding hydrogens is 402 g/mol. The molecule has 0 bridgehead atoms. The molecule has 0 unspecified atom stereocenters. The zero-order valence-corrected chi connectivity index (χ0v) is 17.1. The molecule has 0 aliphatic carbocycles.